The molecule has 0 unspecified atom stereocenters. The molecule has 1 aromatic heterocycles. The lowest BCUT2D eigenvalue weighted by Gasteiger charge is -2.07. The van der Waals surface area contributed by atoms with Gasteiger partial charge in [-0.25, -0.2) is 4.98 Å². The third-order valence-corrected chi connectivity index (χ3v) is 3.63. The molecule has 1 amide bonds. The van der Waals surface area contributed by atoms with Crippen molar-refractivity contribution in [3.63, 3.8) is 0 Å². The molecule has 0 saturated heterocycles. The van der Waals surface area contributed by atoms with Crippen molar-refractivity contribution in [2.75, 3.05) is 6.54 Å². The number of ether oxygens (including phenoxy) is 1. The third-order valence-electron chi connectivity index (χ3n) is 2.74. The normalized spacial score (nSPS) is 10.5. The molecule has 1 aromatic carbocycles. The second-order valence-electron chi connectivity index (χ2n) is 4.95. The minimum absolute atomic E-state index is 0.143. The minimum atomic E-state index is -0.321. The summed E-state index contributed by atoms with van der Waals surface area (Å²) in [5.41, 5.74) is 1.34. The summed E-state index contributed by atoms with van der Waals surface area (Å²) in [7, 11) is 0. The molecule has 0 atom stereocenters. The Morgan fingerprint density at radius 3 is 2.68 bits per heavy atom. The predicted octanol–water partition coefficient (Wildman–Crippen LogP) is 2.88. The summed E-state index contributed by atoms with van der Waals surface area (Å²) >= 11 is 1.42. The molecule has 1 N–H and O–H groups in total. The fourth-order valence-corrected chi connectivity index (χ4v) is 2.59. The Balaban J connectivity index is 1.86. The van der Waals surface area contributed by atoms with E-state index >= 15 is 0 Å². The fraction of sp³-hybridized carbons (Fsp3) is 0.312. The van der Waals surface area contributed by atoms with Crippen LogP contribution in [0.3, 0.4) is 0 Å². The number of hydrogen-bond acceptors (Lipinski definition) is 5. The van der Waals surface area contributed by atoms with Crippen molar-refractivity contribution in [1.29, 1.82) is 0 Å². The van der Waals surface area contributed by atoms with Gasteiger partial charge in [0.2, 0.25) is 0 Å². The Hall–Kier alpha value is -2.21. The van der Waals surface area contributed by atoms with Gasteiger partial charge in [0.05, 0.1) is 12.5 Å². The van der Waals surface area contributed by atoms with E-state index in [1.807, 2.05) is 30.3 Å². The zero-order valence-corrected chi connectivity index (χ0v) is 13.4. The van der Waals surface area contributed by atoms with Crippen LogP contribution in [0.25, 0.3) is 10.6 Å². The molecule has 2 rings (SSSR count). The van der Waals surface area contributed by atoms with Gasteiger partial charge in [-0.2, -0.15) is 0 Å². The third kappa shape index (κ3) is 4.66. The van der Waals surface area contributed by atoms with E-state index in [0.29, 0.717) is 5.69 Å². The standard InChI is InChI=1S/C16H18N2O3S/c1-11(2)21-14(19)8-9-17-15(20)13-10-22-16(18-13)12-6-4-3-5-7-12/h3-7,10-11H,8-9H2,1-2H3,(H,17,20). The summed E-state index contributed by atoms with van der Waals surface area (Å²) in [6.45, 7) is 3.82. The van der Waals surface area contributed by atoms with Crippen molar-refractivity contribution in [2.24, 2.45) is 0 Å². The second kappa shape index (κ2) is 7.70. The fourth-order valence-electron chi connectivity index (χ4n) is 1.78. The molecule has 0 aliphatic carbocycles. The van der Waals surface area contributed by atoms with Gasteiger partial charge in [0.25, 0.3) is 5.91 Å². The molecular weight excluding hydrogens is 300 g/mol. The van der Waals surface area contributed by atoms with Crippen LogP contribution >= 0.6 is 11.3 Å². The van der Waals surface area contributed by atoms with Crippen LogP contribution in [0.1, 0.15) is 30.8 Å². The van der Waals surface area contributed by atoms with Crippen molar-refractivity contribution in [1.82, 2.24) is 10.3 Å². The van der Waals surface area contributed by atoms with Crippen molar-refractivity contribution in [2.45, 2.75) is 26.4 Å². The largest absolute Gasteiger partial charge is 0.463 e. The number of thiazole rings is 1. The highest BCUT2D eigenvalue weighted by Gasteiger charge is 2.12. The monoisotopic (exact) mass is 318 g/mol. The molecule has 5 nitrogen and oxygen atoms in total. The smallest absolute Gasteiger partial charge is 0.307 e. The van der Waals surface area contributed by atoms with Crippen LogP contribution in [0.2, 0.25) is 0 Å². The zero-order chi connectivity index (χ0) is 15.9. The number of nitrogens with one attached hydrogen (secondary N) is 1. The highest BCUT2D eigenvalue weighted by atomic mass is 32.1. The van der Waals surface area contributed by atoms with Crippen molar-refractivity contribution in [3.05, 3.63) is 41.4 Å². The molecular formula is C16H18N2O3S. The van der Waals surface area contributed by atoms with Crippen molar-refractivity contribution in [3.8, 4) is 10.6 Å². The Labute approximate surface area is 133 Å². The van der Waals surface area contributed by atoms with Gasteiger partial charge < -0.3 is 10.1 Å². The number of rotatable bonds is 6. The molecule has 0 bridgehead atoms. The van der Waals surface area contributed by atoms with Crippen LogP contribution in [0.15, 0.2) is 35.7 Å². The van der Waals surface area contributed by atoms with Crippen LogP contribution < -0.4 is 5.32 Å². The average molecular weight is 318 g/mol. The first-order valence-electron chi connectivity index (χ1n) is 7.05. The Bertz CT molecular complexity index is 638. The lowest BCUT2D eigenvalue weighted by molar-refractivity contribution is -0.147. The van der Waals surface area contributed by atoms with Crippen LogP contribution in [0.4, 0.5) is 0 Å². The molecule has 6 heteroatoms. The number of nitrogens with zero attached hydrogens (tertiary/aromatic N) is 1. The van der Waals surface area contributed by atoms with Gasteiger partial charge in [-0.15, -0.1) is 11.3 Å². The highest BCUT2D eigenvalue weighted by molar-refractivity contribution is 7.13. The summed E-state index contributed by atoms with van der Waals surface area (Å²) in [5, 5.41) is 5.18. The lowest BCUT2D eigenvalue weighted by Crippen LogP contribution is -2.27. The predicted molar refractivity (Wildman–Crippen MR) is 85.7 cm³/mol. The van der Waals surface area contributed by atoms with Crippen molar-refractivity contribution >= 4 is 23.2 Å². The van der Waals surface area contributed by atoms with E-state index in [-0.39, 0.29) is 30.9 Å². The maximum absolute atomic E-state index is 12.0. The number of carbonyl (C=O) groups excluding carboxylic acids is 2. The van der Waals surface area contributed by atoms with Gasteiger partial charge in [-0.05, 0) is 13.8 Å². The molecule has 2 aromatic rings. The number of amides is 1. The van der Waals surface area contributed by atoms with E-state index in [2.05, 4.69) is 10.3 Å². The Morgan fingerprint density at radius 1 is 1.27 bits per heavy atom. The summed E-state index contributed by atoms with van der Waals surface area (Å²) in [6, 6.07) is 9.68. The van der Waals surface area contributed by atoms with E-state index in [4.69, 9.17) is 4.74 Å². The molecule has 0 spiro atoms. The van der Waals surface area contributed by atoms with Gasteiger partial charge in [-0.1, -0.05) is 30.3 Å². The number of hydrogen-bond donors (Lipinski definition) is 1. The maximum Gasteiger partial charge on any atom is 0.307 e. The number of aromatic nitrogens is 1. The Morgan fingerprint density at radius 2 is 2.00 bits per heavy atom. The van der Waals surface area contributed by atoms with Crippen molar-refractivity contribution < 1.29 is 14.3 Å². The summed E-state index contributed by atoms with van der Waals surface area (Å²) < 4.78 is 5.00. The summed E-state index contributed by atoms with van der Waals surface area (Å²) in [4.78, 5) is 27.7. The topological polar surface area (TPSA) is 68.3 Å². The van der Waals surface area contributed by atoms with Gasteiger partial charge in [0.15, 0.2) is 0 Å². The van der Waals surface area contributed by atoms with Crippen LogP contribution in [-0.2, 0) is 9.53 Å². The molecule has 0 radical (unpaired) electrons. The molecule has 22 heavy (non-hydrogen) atoms. The quantitative estimate of drug-likeness (QED) is 0.832. The van der Waals surface area contributed by atoms with E-state index in [9.17, 15) is 9.59 Å². The Kier molecular flexibility index (Phi) is 5.66. The lowest BCUT2D eigenvalue weighted by atomic mass is 10.2. The molecule has 0 fully saturated rings. The van der Waals surface area contributed by atoms with E-state index in [1.54, 1.807) is 19.2 Å². The number of esters is 1. The second-order valence-corrected chi connectivity index (χ2v) is 5.81. The van der Waals surface area contributed by atoms with E-state index < -0.39 is 0 Å². The van der Waals surface area contributed by atoms with Gasteiger partial charge in [-0.3, -0.25) is 9.59 Å². The summed E-state index contributed by atoms with van der Waals surface area (Å²) in [5.74, 6) is -0.602. The minimum Gasteiger partial charge on any atom is -0.463 e. The van der Waals surface area contributed by atoms with Gasteiger partial charge >= 0.3 is 5.97 Å². The van der Waals surface area contributed by atoms with E-state index in [1.165, 1.54) is 11.3 Å². The van der Waals surface area contributed by atoms with Crippen LogP contribution in [0.5, 0.6) is 0 Å². The molecule has 0 saturated carbocycles. The molecule has 0 aliphatic rings. The molecule has 1 heterocycles. The van der Waals surface area contributed by atoms with E-state index in [0.717, 1.165) is 10.6 Å². The van der Waals surface area contributed by atoms with Gasteiger partial charge in [0.1, 0.15) is 10.7 Å². The highest BCUT2D eigenvalue weighted by Crippen LogP contribution is 2.23. The summed E-state index contributed by atoms with van der Waals surface area (Å²) in [6.07, 6.45) is 0.00902. The zero-order valence-electron chi connectivity index (χ0n) is 12.5. The van der Waals surface area contributed by atoms with Gasteiger partial charge in [0, 0.05) is 17.5 Å². The first-order valence-corrected chi connectivity index (χ1v) is 7.93. The molecule has 0 aliphatic heterocycles. The number of carbonyl (C=O) groups is 2. The number of benzene rings is 1. The first kappa shape index (κ1) is 16.2. The molecule has 116 valence electrons. The van der Waals surface area contributed by atoms with Crippen LogP contribution in [-0.4, -0.2) is 29.5 Å². The maximum atomic E-state index is 12.0. The first-order chi connectivity index (χ1) is 10.6. The van der Waals surface area contributed by atoms with Crippen LogP contribution in [0, 0.1) is 0 Å². The SMILES string of the molecule is CC(C)OC(=O)CCNC(=O)c1csc(-c2ccccc2)n1. The average Bonchev–Trinajstić information content (AvgIpc) is 2.97.